The number of rotatable bonds is 2. The highest BCUT2D eigenvalue weighted by Crippen LogP contribution is 2.36. The van der Waals surface area contributed by atoms with Gasteiger partial charge in [-0.3, -0.25) is 0 Å². The zero-order valence-corrected chi connectivity index (χ0v) is 10.8. The molecule has 2 nitrogen and oxygen atoms in total. The van der Waals surface area contributed by atoms with Gasteiger partial charge in [0.25, 0.3) is 0 Å². The molecule has 2 fully saturated rings. The summed E-state index contributed by atoms with van der Waals surface area (Å²) in [4.78, 5) is 0. The van der Waals surface area contributed by atoms with Crippen LogP contribution in [-0.4, -0.2) is 27.7 Å². The van der Waals surface area contributed by atoms with E-state index < -0.39 is 0 Å². The van der Waals surface area contributed by atoms with Crippen LogP contribution in [0, 0.1) is 11.8 Å². The first-order valence-electron chi connectivity index (χ1n) is 6.69. The smallest absolute Gasteiger partial charge is 0.0658 e. The molecule has 0 saturated heterocycles. The number of aliphatic hydroxyl groups excluding tert-OH is 2. The summed E-state index contributed by atoms with van der Waals surface area (Å²) in [5.74, 6) is 1.48. The second-order valence-electron chi connectivity index (χ2n) is 5.72. The summed E-state index contributed by atoms with van der Waals surface area (Å²) in [7, 11) is 0. The Morgan fingerprint density at radius 3 is 2.12 bits per heavy atom. The quantitative estimate of drug-likeness (QED) is 0.653. The summed E-state index contributed by atoms with van der Waals surface area (Å²) < 4.78 is 0. The largest absolute Gasteiger partial charge is 0.393 e. The molecular formula is C13H24O2S. The van der Waals surface area contributed by atoms with Crippen LogP contribution in [0.5, 0.6) is 0 Å². The Kier molecular flexibility index (Phi) is 4.57. The summed E-state index contributed by atoms with van der Waals surface area (Å²) in [6, 6.07) is 0. The maximum Gasteiger partial charge on any atom is 0.0658 e. The molecule has 3 atom stereocenters. The van der Waals surface area contributed by atoms with Crippen LogP contribution >= 0.6 is 12.6 Å². The SMILES string of the molecule is OC1CCC(CC2CCC(S)C(O)C2)CC1. The Morgan fingerprint density at radius 2 is 1.50 bits per heavy atom. The van der Waals surface area contributed by atoms with Crippen LogP contribution in [-0.2, 0) is 0 Å². The van der Waals surface area contributed by atoms with E-state index in [1.807, 2.05) is 0 Å². The van der Waals surface area contributed by atoms with Gasteiger partial charge in [-0.15, -0.1) is 0 Å². The summed E-state index contributed by atoms with van der Waals surface area (Å²) >= 11 is 4.39. The van der Waals surface area contributed by atoms with Crippen molar-refractivity contribution in [1.82, 2.24) is 0 Å². The Bertz CT molecular complexity index is 214. The molecule has 0 aromatic rings. The first-order chi connectivity index (χ1) is 7.65. The van der Waals surface area contributed by atoms with Crippen molar-refractivity contribution in [1.29, 1.82) is 0 Å². The van der Waals surface area contributed by atoms with Gasteiger partial charge < -0.3 is 10.2 Å². The second kappa shape index (κ2) is 5.74. The molecule has 2 N–H and O–H groups in total. The maximum atomic E-state index is 9.80. The highest BCUT2D eigenvalue weighted by Gasteiger charge is 2.29. The molecule has 0 amide bonds. The highest BCUT2D eigenvalue weighted by molar-refractivity contribution is 7.81. The molecule has 2 saturated carbocycles. The first-order valence-corrected chi connectivity index (χ1v) is 7.21. The Labute approximate surface area is 104 Å². The molecule has 3 heteroatoms. The standard InChI is InChI=1S/C13H24O2S/c14-11-4-1-9(2-5-11)7-10-3-6-13(16)12(15)8-10/h9-16H,1-8H2. The predicted octanol–water partition coefficient (Wildman–Crippen LogP) is 2.39. The number of hydrogen-bond acceptors (Lipinski definition) is 3. The van der Waals surface area contributed by atoms with E-state index in [9.17, 15) is 10.2 Å². The molecule has 3 unspecified atom stereocenters. The molecule has 0 aliphatic heterocycles. The number of thiol groups is 1. The average molecular weight is 244 g/mol. The summed E-state index contributed by atoms with van der Waals surface area (Å²) in [5.41, 5.74) is 0. The molecule has 0 aromatic heterocycles. The minimum absolute atomic E-state index is 0.0463. The van der Waals surface area contributed by atoms with Crippen LogP contribution < -0.4 is 0 Å². The van der Waals surface area contributed by atoms with Gasteiger partial charge in [0, 0.05) is 5.25 Å². The summed E-state index contributed by atoms with van der Waals surface area (Å²) in [6.45, 7) is 0. The van der Waals surface area contributed by atoms with Crippen molar-refractivity contribution in [2.75, 3.05) is 0 Å². The van der Waals surface area contributed by atoms with E-state index in [1.54, 1.807) is 0 Å². The lowest BCUT2D eigenvalue weighted by molar-refractivity contribution is 0.0762. The zero-order valence-electron chi connectivity index (χ0n) is 9.89. The van der Waals surface area contributed by atoms with E-state index in [4.69, 9.17) is 0 Å². The van der Waals surface area contributed by atoms with Gasteiger partial charge in [0.1, 0.15) is 0 Å². The van der Waals surface area contributed by atoms with Crippen LogP contribution in [0.4, 0.5) is 0 Å². The molecule has 0 spiro atoms. The minimum atomic E-state index is -0.198. The van der Waals surface area contributed by atoms with Crippen molar-refractivity contribution in [3.05, 3.63) is 0 Å². The summed E-state index contributed by atoms with van der Waals surface area (Å²) in [6.07, 6.45) is 8.55. The Morgan fingerprint density at radius 1 is 0.875 bits per heavy atom. The van der Waals surface area contributed by atoms with E-state index in [2.05, 4.69) is 12.6 Å². The fourth-order valence-corrected chi connectivity index (χ4v) is 3.55. The molecule has 0 bridgehead atoms. The van der Waals surface area contributed by atoms with Crippen molar-refractivity contribution < 1.29 is 10.2 Å². The van der Waals surface area contributed by atoms with Gasteiger partial charge >= 0.3 is 0 Å². The lowest BCUT2D eigenvalue weighted by atomic mass is 9.76. The third kappa shape index (κ3) is 3.38. The van der Waals surface area contributed by atoms with Crippen LogP contribution in [0.15, 0.2) is 0 Å². The third-order valence-electron chi connectivity index (χ3n) is 4.37. The van der Waals surface area contributed by atoms with Gasteiger partial charge in [-0.2, -0.15) is 12.6 Å². The maximum absolute atomic E-state index is 9.80. The molecule has 94 valence electrons. The van der Waals surface area contributed by atoms with Gasteiger partial charge in [-0.25, -0.2) is 0 Å². The second-order valence-corrected chi connectivity index (χ2v) is 6.39. The van der Waals surface area contributed by atoms with Crippen molar-refractivity contribution in [2.45, 2.75) is 68.8 Å². The number of aliphatic hydroxyl groups is 2. The van der Waals surface area contributed by atoms with E-state index in [-0.39, 0.29) is 17.5 Å². The highest BCUT2D eigenvalue weighted by atomic mass is 32.1. The van der Waals surface area contributed by atoms with Gasteiger partial charge in [0.15, 0.2) is 0 Å². The van der Waals surface area contributed by atoms with Crippen LogP contribution in [0.1, 0.15) is 51.4 Å². The monoisotopic (exact) mass is 244 g/mol. The van der Waals surface area contributed by atoms with Gasteiger partial charge in [0.05, 0.1) is 12.2 Å². The predicted molar refractivity (Wildman–Crippen MR) is 68.7 cm³/mol. The van der Waals surface area contributed by atoms with Crippen LogP contribution in [0.3, 0.4) is 0 Å². The molecular weight excluding hydrogens is 220 g/mol. The molecule has 2 aliphatic rings. The van der Waals surface area contributed by atoms with Crippen molar-refractivity contribution in [3.8, 4) is 0 Å². The lowest BCUT2D eigenvalue weighted by Crippen LogP contribution is -2.31. The lowest BCUT2D eigenvalue weighted by Gasteiger charge is -2.34. The van der Waals surface area contributed by atoms with E-state index in [0.717, 1.165) is 31.6 Å². The first kappa shape index (κ1) is 12.7. The number of hydrogen-bond donors (Lipinski definition) is 3. The van der Waals surface area contributed by atoms with Gasteiger partial charge in [-0.05, 0) is 63.2 Å². The fraction of sp³-hybridized carbons (Fsp3) is 1.00. The minimum Gasteiger partial charge on any atom is -0.393 e. The van der Waals surface area contributed by atoms with E-state index in [0.29, 0.717) is 5.92 Å². The molecule has 0 aromatic carbocycles. The molecule has 0 heterocycles. The normalized spacial score (nSPS) is 45.6. The van der Waals surface area contributed by atoms with Crippen molar-refractivity contribution in [3.63, 3.8) is 0 Å². The molecule has 2 rings (SSSR count). The molecule has 2 aliphatic carbocycles. The zero-order chi connectivity index (χ0) is 11.5. The van der Waals surface area contributed by atoms with Crippen LogP contribution in [0.25, 0.3) is 0 Å². The van der Waals surface area contributed by atoms with Crippen LogP contribution in [0.2, 0.25) is 0 Å². The van der Waals surface area contributed by atoms with Gasteiger partial charge in [-0.1, -0.05) is 0 Å². The van der Waals surface area contributed by atoms with E-state index >= 15 is 0 Å². The average Bonchev–Trinajstić information content (AvgIpc) is 2.27. The van der Waals surface area contributed by atoms with Crippen molar-refractivity contribution >= 4 is 12.6 Å². The van der Waals surface area contributed by atoms with E-state index in [1.165, 1.54) is 25.7 Å². The van der Waals surface area contributed by atoms with Gasteiger partial charge in [0.2, 0.25) is 0 Å². The van der Waals surface area contributed by atoms with Crippen molar-refractivity contribution in [2.24, 2.45) is 11.8 Å². The summed E-state index contributed by atoms with van der Waals surface area (Å²) in [5, 5.41) is 19.5. The topological polar surface area (TPSA) is 40.5 Å². The Hall–Kier alpha value is 0.270. The molecule has 0 radical (unpaired) electrons. The third-order valence-corrected chi connectivity index (χ3v) is 4.97. The molecule has 16 heavy (non-hydrogen) atoms. The fourth-order valence-electron chi connectivity index (χ4n) is 3.28. The Balaban J connectivity index is 1.73.